The monoisotopic (exact) mass is 274 g/mol. The van der Waals surface area contributed by atoms with Gasteiger partial charge >= 0.3 is 6.03 Å². The zero-order valence-electron chi connectivity index (χ0n) is 11.5. The summed E-state index contributed by atoms with van der Waals surface area (Å²) < 4.78 is 1.60. The molecule has 0 aliphatic heterocycles. The third-order valence-corrected chi connectivity index (χ3v) is 2.96. The van der Waals surface area contributed by atoms with E-state index < -0.39 is 12.1 Å². The minimum atomic E-state index is -0.731. The second-order valence-corrected chi connectivity index (χ2v) is 4.58. The fourth-order valence-corrected chi connectivity index (χ4v) is 1.90. The molecule has 2 rings (SSSR count). The first-order valence-corrected chi connectivity index (χ1v) is 6.34. The van der Waals surface area contributed by atoms with E-state index in [1.807, 2.05) is 31.2 Å². The van der Waals surface area contributed by atoms with Crippen LogP contribution in [0.15, 0.2) is 36.5 Å². The standard InChI is InChI=1S/C14H18N4O2/c1-10-5-3-4-6-11(10)12(19)9-15-14(20)16-13-7-8-18(2)17-13/h3-8,12,19H,9H2,1-2H3,(H2,15,16,17,20). The molecule has 6 nitrogen and oxygen atoms in total. The third-order valence-electron chi connectivity index (χ3n) is 2.96. The zero-order valence-corrected chi connectivity index (χ0v) is 11.5. The largest absolute Gasteiger partial charge is 0.387 e. The SMILES string of the molecule is Cc1ccccc1C(O)CNC(=O)Nc1ccn(C)n1. The average molecular weight is 274 g/mol. The first-order chi connectivity index (χ1) is 9.56. The maximum Gasteiger partial charge on any atom is 0.320 e. The number of aromatic nitrogens is 2. The highest BCUT2D eigenvalue weighted by Crippen LogP contribution is 2.16. The molecular weight excluding hydrogens is 256 g/mol. The van der Waals surface area contributed by atoms with E-state index in [9.17, 15) is 9.90 Å². The van der Waals surface area contributed by atoms with Crippen molar-refractivity contribution >= 4 is 11.8 Å². The fraction of sp³-hybridized carbons (Fsp3) is 0.286. The molecule has 0 spiro atoms. The van der Waals surface area contributed by atoms with Gasteiger partial charge in [-0.1, -0.05) is 24.3 Å². The predicted molar refractivity (Wildman–Crippen MR) is 76.4 cm³/mol. The quantitative estimate of drug-likeness (QED) is 0.792. The number of amides is 2. The molecule has 20 heavy (non-hydrogen) atoms. The molecule has 0 saturated heterocycles. The number of benzene rings is 1. The van der Waals surface area contributed by atoms with Crippen molar-refractivity contribution in [2.75, 3.05) is 11.9 Å². The lowest BCUT2D eigenvalue weighted by molar-refractivity contribution is 0.174. The van der Waals surface area contributed by atoms with Gasteiger partial charge in [-0.05, 0) is 18.1 Å². The summed E-state index contributed by atoms with van der Waals surface area (Å²) in [6.45, 7) is 2.07. The van der Waals surface area contributed by atoms with E-state index in [4.69, 9.17) is 0 Å². The smallest absolute Gasteiger partial charge is 0.320 e. The van der Waals surface area contributed by atoms with Crippen LogP contribution in [0.2, 0.25) is 0 Å². The second kappa shape index (κ2) is 6.21. The van der Waals surface area contributed by atoms with Gasteiger partial charge in [0, 0.05) is 25.9 Å². The number of rotatable bonds is 4. The van der Waals surface area contributed by atoms with Crippen LogP contribution in [-0.2, 0) is 7.05 Å². The third kappa shape index (κ3) is 3.58. The summed E-state index contributed by atoms with van der Waals surface area (Å²) in [6, 6.07) is 8.84. The van der Waals surface area contributed by atoms with E-state index in [-0.39, 0.29) is 6.54 Å². The van der Waals surface area contributed by atoms with E-state index in [2.05, 4.69) is 15.7 Å². The normalized spacial score (nSPS) is 11.9. The minimum absolute atomic E-state index is 0.142. The summed E-state index contributed by atoms with van der Waals surface area (Å²) >= 11 is 0. The van der Waals surface area contributed by atoms with Crippen LogP contribution in [0.1, 0.15) is 17.2 Å². The van der Waals surface area contributed by atoms with Gasteiger partial charge in [-0.15, -0.1) is 0 Å². The van der Waals surface area contributed by atoms with Crippen molar-refractivity contribution in [1.82, 2.24) is 15.1 Å². The summed E-state index contributed by atoms with van der Waals surface area (Å²) in [5, 5.41) is 19.3. The number of carbonyl (C=O) groups is 1. The molecule has 2 amide bonds. The van der Waals surface area contributed by atoms with E-state index in [0.717, 1.165) is 11.1 Å². The second-order valence-electron chi connectivity index (χ2n) is 4.58. The number of aliphatic hydroxyl groups is 1. The summed E-state index contributed by atoms with van der Waals surface area (Å²) in [6.07, 6.45) is 1.00. The Hall–Kier alpha value is -2.34. The maximum atomic E-state index is 11.7. The molecule has 1 unspecified atom stereocenters. The summed E-state index contributed by atoms with van der Waals surface area (Å²) in [4.78, 5) is 11.7. The Morgan fingerprint density at radius 2 is 2.15 bits per heavy atom. The zero-order chi connectivity index (χ0) is 14.5. The Bertz CT molecular complexity index is 594. The van der Waals surface area contributed by atoms with Crippen LogP contribution in [0, 0.1) is 6.92 Å². The Labute approximate surface area is 117 Å². The number of nitrogens with zero attached hydrogens (tertiary/aromatic N) is 2. The van der Waals surface area contributed by atoms with Crippen LogP contribution in [0.3, 0.4) is 0 Å². The average Bonchev–Trinajstić information content (AvgIpc) is 2.82. The molecule has 1 atom stereocenters. The Morgan fingerprint density at radius 1 is 1.40 bits per heavy atom. The molecule has 1 aromatic carbocycles. The van der Waals surface area contributed by atoms with Crippen LogP contribution in [0.5, 0.6) is 0 Å². The molecule has 2 aromatic rings. The summed E-state index contributed by atoms with van der Waals surface area (Å²) in [5.74, 6) is 0.468. The molecule has 0 fully saturated rings. The van der Waals surface area contributed by atoms with Crippen LogP contribution in [-0.4, -0.2) is 27.5 Å². The highest BCUT2D eigenvalue weighted by Gasteiger charge is 2.11. The number of aryl methyl sites for hydroxylation is 2. The summed E-state index contributed by atoms with van der Waals surface area (Å²) in [7, 11) is 1.77. The minimum Gasteiger partial charge on any atom is -0.387 e. The van der Waals surface area contributed by atoms with E-state index in [0.29, 0.717) is 5.82 Å². The van der Waals surface area contributed by atoms with E-state index in [1.165, 1.54) is 0 Å². The lowest BCUT2D eigenvalue weighted by atomic mass is 10.0. The van der Waals surface area contributed by atoms with Crippen molar-refractivity contribution in [3.63, 3.8) is 0 Å². The van der Waals surface area contributed by atoms with Gasteiger partial charge in [-0.2, -0.15) is 5.10 Å². The Balaban J connectivity index is 1.85. The molecule has 1 heterocycles. The fourth-order valence-electron chi connectivity index (χ4n) is 1.90. The Morgan fingerprint density at radius 3 is 2.80 bits per heavy atom. The lowest BCUT2D eigenvalue weighted by Crippen LogP contribution is -2.32. The van der Waals surface area contributed by atoms with Gasteiger partial charge in [-0.3, -0.25) is 10.00 Å². The molecule has 0 aliphatic carbocycles. The molecule has 6 heteroatoms. The van der Waals surface area contributed by atoms with Crippen molar-refractivity contribution in [3.8, 4) is 0 Å². The van der Waals surface area contributed by atoms with E-state index >= 15 is 0 Å². The first kappa shape index (κ1) is 14.1. The maximum absolute atomic E-state index is 11.7. The molecule has 0 aliphatic rings. The molecule has 0 saturated carbocycles. The van der Waals surface area contributed by atoms with Crippen molar-refractivity contribution in [3.05, 3.63) is 47.7 Å². The van der Waals surface area contributed by atoms with Crippen LogP contribution >= 0.6 is 0 Å². The van der Waals surface area contributed by atoms with Crippen LogP contribution in [0.4, 0.5) is 10.6 Å². The highest BCUT2D eigenvalue weighted by molar-refractivity contribution is 5.88. The number of hydrogen-bond acceptors (Lipinski definition) is 3. The predicted octanol–water partition coefficient (Wildman–Crippen LogP) is 1.58. The molecule has 0 radical (unpaired) electrons. The van der Waals surface area contributed by atoms with Gasteiger partial charge in [0.1, 0.15) is 0 Å². The van der Waals surface area contributed by atoms with Crippen LogP contribution in [0.25, 0.3) is 0 Å². The molecule has 3 N–H and O–H groups in total. The number of nitrogens with one attached hydrogen (secondary N) is 2. The Kier molecular flexibility index (Phi) is 4.37. The number of hydrogen-bond donors (Lipinski definition) is 3. The van der Waals surface area contributed by atoms with Gasteiger partial charge in [0.05, 0.1) is 6.10 Å². The van der Waals surface area contributed by atoms with Crippen molar-refractivity contribution < 1.29 is 9.90 Å². The molecular formula is C14H18N4O2. The summed E-state index contributed by atoms with van der Waals surface area (Å²) in [5.41, 5.74) is 1.80. The molecule has 0 bridgehead atoms. The molecule has 106 valence electrons. The van der Waals surface area contributed by atoms with E-state index in [1.54, 1.807) is 24.0 Å². The number of aliphatic hydroxyl groups excluding tert-OH is 1. The number of anilines is 1. The van der Waals surface area contributed by atoms with Crippen molar-refractivity contribution in [2.45, 2.75) is 13.0 Å². The van der Waals surface area contributed by atoms with Crippen molar-refractivity contribution in [2.24, 2.45) is 7.05 Å². The highest BCUT2D eigenvalue weighted by atomic mass is 16.3. The molecule has 1 aromatic heterocycles. The van der Waals surface area contributed by atoms with Gasteiger partial charge in [0.2, 0.25) is 0 Å². The van der Waals surface area contributed by atoms with Crippen molar-refractivity contribution in [1.29, 1.82) is 0 Å². The topological polar surface area (TPSA) is 79.2 Å². The van der Waals surface area contributed by atoms with Gasteiger partial charge < -0.3 is 10.4 Å². The lowest BCUT2D eigenvalue weighted by Gasteiger charge is -2.14. The van der Waals surface area contributed by atoms with Gasteiger partial charge in [0.25, 0.3) is 0 Å². The first-order valence-electron chi connectivity index (χ1n) is 6.34. The van der Waals surface area contributed by atoms with Gasteiger partial charge in [0.15, 0.2) is 5.82 Å². The van der Waals surface area contributed by atoms with Crippen LogP contribution < -0.4 is 10.6 Å². The van der Waals surface area contributed by atoms with Gasteiger partial charge in [-0.25, -0.2) is 4.79 Å². The number of carbonyl (C=O) groups excluding carboxylic acids is 1. The number of urea groups is 1.